The quantitative estimate of drug-likeness (QED) is 0.776. The first-order valence-corrected chi connectivity index (χ1v) is 11.7. The van der Waals surface area contributed by atoms with Crippen LogP contribution in [0.25, 0.3) is 0 Å². The van der Waals surface area contributed by atoms with Crippen LogP contribution in [0.3, 0.4) is 0 Å². The molecule has 0 aromatic carbocycles. The molecule has 1 fully saturated rings. The van der Waals surface area contributed by atoms with Gasteiger partial charge in [0.05, 0.1) is 26.2 Å². The molecule has 2 heterocycles. The van der Waals surface area contributed by atoms with Gasteiger partial charge in [-0.05, 0) is 44.1 Å². The lowest BCUT2D eigenvalue weighted by molar-refractivity contribution is -0.895. The van der Waals surface area contributed by atoms with Crippen LogP contribution in [-0.4, -0.2) is 62.8 Å². The number of quaternary nitrogens is 1. The molecule has 3 rings (SSSR count). The standard InChI is InChI=1S/C18H27N3O3S2/c1-2-21(16-7-4-3-5-8-16)17(22)15-19-10-12-20(13-11-19)26(23,24)18-9-6-14-25-18/h6-7,9,14H,2-5,8,10-13,15H2,1H3/p+1. The number of piperazine rings is 1. The van der Waals surface area contributed by atoms with E-state index in [0.717, 1.165) is 19.3 Å². The zero-order chi connectivity index (χ0) is 18.6. The minimum Gasteiger partial charge on any atom is -0.325 e. The molecule has 1 saturated heterocycles. The molecule has 0 radical (unpaired) electrons. The predicted octanol–water partition coefficient (Wildman–Crippen LogP) is 0.944. The summed E-state index contributed by atoms with van der Waals surface area (Å²) in [6, 6.07) is 3.41. The van der Waals surface area contributed by atoms with Crippen molar-refractivity contribution in [2.45, 2.75) is 36.8 Å². The summed E-state index contributed by atoms with van der Waals surface area (Å²) >= 11 is 1.25. The molecule has 1 aromatic rings. The number of hydrogen-bond donors (Lipinski definition) is 1. The van der Waals surface area contributed by atoms with Gasteiger partial charge in [0.2, 0.25) is 0 Å². The number of rotatable bonds is 6. The molecule has 1 aliphatic carbocycles. The van der Waals surface area contributed by atoms with Gasteiger partial charge in [0.15, 0.2) is 6.54 Å². The molecule has 1 N–H and O–H groups in total. The third kappa shape index (κ3) is 4.36. The molecule has 1 aliphatic heterocycles. The Morgan fingerprint density at radius 2 is 2.08 bits per heavy atom. The Morgan fingerprint density at radius 1 is 1.31 bits per heavy atom. The molecule has 2 aliphatic rings. The lowest BCUT2D eigenvalue weighted by atomic mass is 10.0. The second-order valence-corrected chi connectivity index (χ2v) is 9.95. The van der Waals surface area contributed by atoms with Crippen LogP contribution in [0.1, 0.15) is 32.6 Å². The van der Waals surface area contributed by atoms with E-state index < -0.39 is 10.0 Å². The molecule has 26 heavy (non-hydrogen) atoms. The Kier molecular flexibility index (Phi) is 6.50. The number of nitrogens with one attached hydrogen (secondary N) is 1. The van der Waals surface area contributed by atoms with Gasteiger partial charge in [0, 0.05) is 12.2 Å². The maximum absolute atomic E-state index is 12.7. The van der Waals surface area contributed by atoms with Crippen molar-refractivity contribution in [1.29, 1.82) is 0 Å². The Morgan fingerprint density at radius 3 is 2.65 bits per heavy atom. The third-order valence-corrected chi connectivity index (χ3v) is 8.42. The maximum Gasteiger partial charge on any atom is 0.281 e. The first-order chi connectivity index (χ1) is 12.5. The average Bonchev–Trinajstić information content (AvgIpc) is 3.19. The highest BCUT2D eigenvalue weighted by Gasteiger charge is 2.32. The molecule has 6 nitrogen and oxygen atoms in total. The number of hydrogen-bond acceptors (Lipinski definition) is 4. The van der Waals surface area contributed by atoms with Crippen LogP contribution in [0.2, 0.25) is 0 Å². The molecular formula is C18H28N3O3S2+. The number of likely N-dealkylation sites (N-methyl/N-ethyl adjacent to an activating group) is 1. The van der Waals surface area contributed by atoms with E-state index in [2.05, 4.69) is 6.08 Å². The van der Waals surface area contributed by atoms with Gasteiger partial charge in [-0.2, -0.15) is 4.31 Å². The predicted molar refractivity (Wildman–Crippen MR) is 103 cm³/mol. The van der Waals surface area contributed by atoms with E-state index in [1.165, 1.54) is 28.4 Å². The smallest absolute Gasteiger partial charge is 0.281 e. The van der Waals surface area contributed by atoms with Crippen molar-refractivity contribution < 1.29 is 18.1 Å². The van der Waals surface area contributed by atoms with Crippen molar-refractivity contribution in [3.63, 3.8) is 0 Å². The summed E-state index contributed by atoms with van der Waals surface area (Å²) in [7, 11) is -3.37. The fourth-order valence-electron chi connectivity index (χ4n) is 3.67. The second-order valence-electron chi connectivity index (χ2n) is 6.84. The number of amides is 1. The monoisotopic (exact) mass is 398 g/mol. The highest BCUT2D eigenvalue weighted by molar-refractivity contribution is 7.91. The van der Waals surface area contributed by atoms with E-state index in [1.807, 2.05) is 11.8 Å². The SMILES string of the molecule is CCN(C(=O)C[NH+]1CCN(S(=O)(=O)c2cccs2)CC1)C1=CCCCC1. The third-order valence-electron chi connectivity index (χ3n) is 5.15. The van der Waals surface area contributed by atoms with Crippen LogP contribution in [0.5, 0.6) is 0 Å². The molecule has 1 amide bonds. The van der Waals surface area contributed by atoms with E-state index in [4.69, 9.17) is 0 Å². The van der Waals surface area contributed by atoms with E-state index >= 15 is 0 Å². The van der Waals surface area contributed by atoms with Gasteiger partial charge in [0.1, 0.15) is 4.21 Å². The van der Waals surface area contributed by atoms with Crippen molar-refractivity contribution in [3.05, 3.63) is 29.3 Å². The van der Waals surface area contributed by atoms with E-state index in [1.54, 1.807) is 21.8 Å². The number of nitrogens with zero attached hydrogens (tertiary/aromatic N) is 2. The highest BCUT2D eigenvalue weighted by Crippen LogP contribution is 2.21. The molecule has 0 bridgehead atoms. The molecule has 144 valence electrons. The van der Waals surface area contributed by atoms with Crippen LogP contribution in [0.4, 0.5) is 0 Å². The van der Waals surface area contributed by atoms with E-state index in [9.17, 15) is 13.2 Å². The van der Waals surface area contributed by atoms with Crippen LogP contribution < -0.4 is 4.90 Å². The number of allylic oxidation sites excluding steroid dienone is 2. The molecule has 0 spiro atoms. The van der Waals surface area contributed by atoms with Gasteiger partial charge in [-0.1, -0.05) is 12.1 Å². The van der Waals surface area contributed by atoms with Crippen LogP contribution >= 0.6 is 11.3 Å². The Balaban J connectivity index is 1.55. The number of carbonyl (C=O) groups is 1. The van der Waals surface area contributed by atoms with Gasteiger partial charge >= 0.3 is 0 Å². The van der Waals surface area contributed by atoms with Gasteiger partial charge in [-0.25, -0.2) is 8.42 Å². The van der Waals surface area contributed by atoms with E-state index in [0.29, 0.717) is 43.5 Å². The zero-order valence-corrected chi connectivity index (χ0v) is 16.9. The zero-order valence-electron chi connectivity index (χ0n) is 15.3. The largest absolute Gasteiger partial charge is 0.325 e. The highest BCUT2D eigenvalue weighted by atomic mass is 32.2. The Labute approximate surface area is 160 Å². The maximum atomic E-state index is 12.7. The lowest BCUT2D eigenvalue weighted by Gasteiger charge is -2.33. The summed E-state index contributed by atoms with van der Waals surface area (Å²) < 4.78 is 27.1. The first-order valence-electron chi connectivity index (χ1n) is 9.39. The summed E-state index contributed by atoms with van der Waals surface area (Å²) in [5, 5.41) is 1.78. The van der Waals surface area contributed by atoms with Gasteiger partial charge in [-0.3, -0.25) is 4.79 Å². The molecule has 1 aromatic heterocycles. The van der Waals surface area contributed by atoms with Crippen molar-refractivity contribution in [2.75, 3.05) is 39.3 Å². The van der Waals surface area contributed by atoms with Crippen molar-refractivity contribution in [2.24, 2.45) is 0 Å². The van der Waals surface area contributed by atoms with Crippen LogP contribution in [0, 0.1) is 0 Å². The molecule has 0 saturated carbocycles. The number of sulfonamides is 1. The average molecular weight is 399 g/mol. The van der Waals surface area contributed by atoms with Crippen molar-refractivity contribution in [3.8, 4) is 0 Å². The van der Waals surface area contributed by atoms with Crippen molar-refractivity contribution in [1.82, 2.24) is 9.21 Å². The normalized spacial score (nSPS) is 20.0. The minimum atomic E-state index is -3.37. The summed E-state index contributed by atoms with van der Waals surface area (Å²) in [5.74, 6) is 0.158. The van der Waals surface area contributed by atoms with Gasteiger partial charge in [-0.15, -0.1) is 11.3 Å². The van der Waals surface area contributed by atoms with Gasteiger partial charge in [0.25, 0.3) is 15.9 Å². The fraction of sp³-hybridized carbons (Fsp3) is 0.611. The summed E-state index contributed by atoms with van der Waals surface area (Å²) in [4.78, 5) is 15.8. The first kappa shape index (κ1) is 19.5. The van der Waals surface area contributed by atoms with Crippen LogP contribution in [-0.2, 0) is 14.8 Å². The second kappa shape index (κ2) is 8.65. The summed E-state index contributed by atoms with van der Waals surface area (Å²) in [6.45, 7) is 5.46. The molecule has 0 atom stereocenters. The van der Waals surface area contributed by atoms with Crippen molar-refractivity contribution >= 4 is 27.3 Å². The summed E-state index contributed by atoms with van der Waals surface area (Å²) in [5.41, 5.74) is 1.17. The number of carbonyl (C=O) groups excluding carboxylic acids is 1. The fourth-order valence-corrected chi connectivity index (χ4v) is 6.26. The lowest BCUT2D eigenvalue weighted by Crippen LogP contribution is -3.15. The van der Waals surface area contributed by atoms with Gasteiger partial charge < -0.3 is 9.80 Å². The van der Waals surface area contributed by atoms with E-state index in [-0.39, 0.29) is 5.91 Å². The minimum absolute atomic E-state index is 0.158. The molecule has 8 heteroatoms. The summed E-state index contributed by atoms with van der Waals surface area (Å²) in [6.07, 6.45) is 6.61. The Bertz CT molecular complexity index is 736. The molecular weight excluding hydrogens is 370 g/mol. The Hall–Kier alpha value is -1.22. The topological polar surface area (TPSA) is 62.1 Å². The van der Waals surface area contributed by atoms with Crippen LogP contribution in [0.15, 0.2) is 33.5 Å². The molecule has 0 unspecified atom stereocenters. The number of thiophene rings is 1.